The van der Waals surface area contributed by atoms with Gasteiger partial charge in [0.2, 0.25) is 0 Å². The van der Waals surface area contributed by atoms with Crippen molar-refractivity contribution in [2.45, 2.75) is 19.4 Å². The van der Waals surface area contributed by atoms with Gasteiger partial charge in [0.1, 0.15) is 5.82 Å². The van der Waals surface area contributed by atoms with Gasteiger partial charge in [-0.25, -0.2) is 4.98 Å². The topological polar surface area (TPSA) is 28.6 Å². The molecule has 4 heteroatoms. The molecule has 1 atom stereocenters. The molecular weight excluding hydrogens is 202 g/mol. The van der Waals surface area contributed by atoms with Crippen molar-refractivity contribution in [1.29, 1.82) is 0 Å². The summed E-state index contributed by atoms with van der Waals surface area (Å²) in [6, 6.07) is 6.52. The molecule has 1 aliphatic rings. The van der Waals surface area contributed by atoms with Crippen LogP contribution in [0.5, 0.6) is 0 Å². The first-order valence-corrected chi connectivity index (χ1v) is 5.78. The van der Waals surface area contributed by atoms with Gasteiger partial charge in [-0.3, -0.25) is 0 Å². The van der Waals surface area contributed by atoms with Crippen LogP contribution in [0.1, 0.15) is 13.3 Å². The van der Waals surface area contributed by atoms with Crippen molar-refractivity contribution >= 4 is 5.82 Å². The molecule has 0 saturated carbocycles. The fraction of sp³-hybridized carbons (Fsp3) is 0.583. The van der Waals surface area contributed by atoms with Gasteiger partial charge in [-0.1, -0.05) is 6.07 Å². The summed E-state index contributed by atoms with van der Waals surface area (Å²) in [4.78, 5) is 12.1. The Balaban J connectivity index is 2.04. The molecule has 2 rings (SSSR count). The van der Waals surface area contributed by atoms with E-state index in [1.807, 2.05) is 23.4 Å². The summed E-state index contributed by atoms with van der Waals surface area (Å²) >= 11 is 0. The van der Waals surface area contributed by atoms with E-state index in [9.17, 15) is 0 Å². The molecule has 0 amide bonds. The van der Waals surface area contributed by atoms with Crippen molar-refractivity contribution in [3.63, 3.8) is 0 Å². The van der Waals surface area contributed by atoms with Gasteiger partial charge in [-0.15, -0.1) is 0 Å². The second-order valence-corrected chi connectivity index (χ2v) is 4.14. The first kappa shape index (κ1) is 11.4. The molecule has 1 aromatic rings. The summed E-state index contributed by atoms with van der Waals surface area (Å²) in [6.07, 6.45) is 2.95. The van der Waals surface area contributed by atoms with Gasteiger partial charge >= 0.3 is 0 Å². The van der Waals surface area contributed by atoms with Crippen LogP contribution < -0.4 is 4.90 Å². The highest BCUT2D eigenvalue weighted by atomic mass is 16.7. The second-order valence-electron chi connectivity index (χ2n) is 4.14. The lowest BCUT2D eigenvalue weighted by molar-refractivity contribution is -0.152. The SMILES string of the molecule is CON1CCN(c2ccccn2)CCC1C. The van der Waals surface area contributed by atoms with E-state index in [-0.39, 0.29) is 0 Å². The predicted octanol–water partition coefficient (Wildman–Crippen LogP) is 1.54. The van der Waals surface area contributed by atoms with E-state index in [4.69, 9.17) is 4.84 Å². The van der Waals surface area contributed by atoms with Crippen LogP contribution in [0.3, 0.4) is 0 Å². The summed E-state index contributed by atoms with van der Waals surface area (Å²) in [5.41, 5.74) is 0. The Hall–Kier alpha value is -1.13. The van der Waals surface area contributed by atoms with Gasteiger partial charge in [-0.2, -0.15) is 5.06 Å². The lowest BCUT2D eigenvalue weighted by Crippen LogP contribution is -2.33. The van der Waals surface area contributed by atoms with E-state index in [0.717, 1.165) is 31.9 Å². The Kier molecular flexibility index (Phi) is 3.74. The molecule has 0 N–H and O–H groups in total. The van der Waals surface area contributed by atoms with Crippen molar-refractivity contribution in [3.05, 3.63) is 24.4 Å². The molecule has 2 heterocycles. The minimum Gasteiger partial charge on any atom is -0.355 e. The average molecular weight is 221 g/mol. The summed E-state index contributed by atoms with van der Waals surface area (Å²) in [5, 5.41) is 2.04. The van der Waals surface area contributed by atoms with Crippen LogP contribution in [-0.4, -0.2) is 42.8 Å². The summed E-state index contributed by atoms with van der Waals surface area (Å²) < 4.78 is 0. The predicted molar refractivity (Wildman–Crippen MR) is 64.2 cm³/mol. The third-order valence-electron chi connectivity index (χ3n) is 3.11. The first-order chi connectivity index (χ1) is 7.81. The number of hydrogen-bond acceptors (Lipinski definition) is 4. The Bertz CT molecular complexity index is 317. The lowest BCUT2D eigenvalue weighted by atomic mass is 10.2. The molecule has 1 unspecified atom stereocenters. The van der Waals surface area contributed by atoms with Gasteiger partial charge in [0, 0.05) is 31.9 Å². The molecule has 0 bridgehead atoms. The lowest BCUT2D eigenvalue weighted by Gasteiger charge is -2.23. The minimum absolute atomic E-state index is 0.471. The molecule has 0 spiro atoms. The largest absolute Gasteiger partial charge is 0.355 e. The third-order valence-corrected chi connectivity index (χ3v) is 3.11. The zero-order chi connectivity index (χ0) is 11.4. The van der Waals surface area contributed by atoms with Crippen LogP contribution >= 0.6 is 0 Å². The number of anilines is 1. The van der Waals surface area contributed by atoms with Crippen molar-refractivity contribution in [1.82, 2.24) is 10.0 Å². The highest BCUT2D eigenvalue weighted by Gasteiger charge is 2.21. The number of hydrogen-bond donors (Lipinski definition) is 0. The van der Waals surface area contributed by atoms with Gasteiger partial charge in [-0.05, 0) is 25.5 Å². The normalized spacial score (nSPS) is 23.1. The van der Waals surface area contributed by atoms with Crippen LogP contribution in [-0.2, 0) is 4.84 Å². The highest BCUT2D eigenvalue weighted by molar-refractivity contribution is 5.37. The monoisotopic (exact) mass is 221 g/mol. The van der Waals surface area contributed by atoms with Crippen LogP contribution in [0.25, 0.3) is 0 Å². The smallest absolute Gasteiger partial charge is 0.128 e. The van der Waals surface area contributed by atoms with Crippen molar-refractivity contribution in [2.75, 3.05) is 31.6 Å². The zero-order valence-corrected chi connectivity index (χ0v) is 9.97. The molecule has 1 saturated heterocycles. The Labute approximate surface area is 96.8 Å². The fourth-order valence-corrected chi connectivity index (χ4v) is 2.08. The van der Waals surface area contributed by atoms with Gasteiger partial charge in [0.15, 0.2) is 0 Å². The van der Waals surface area contributed by atoms with Gasteiger partial charge in [0.05, 0.1) is 7.11 Å². The quantitative estimate of drug-likeness (QED) is 0.757. The molecule has 1 aromatic heterocycles. The van der Waals surface area contributed by atoms with Crippen LogP contribution in [0, 0.1) is 0 Å². The number of rotatable bonds is 2. The fourth-order valence-electron chi connectivity index (χ4n) is 2.08. The van der Waals surface area contributed by atoms with E-state index in [2.05, 4.69) is 22.9 Å². The van der Waals surface area contributed by atoms with E-state index < -0.39 is 0 Å². The Morgan fingerprint density at radius 3 is 2.88 bits per heavy atom. The van der Waals surface area contributed by atoms with E-state index in [0.29, 0.717) is 6.04 Å². The zero-order valence-electron chi connectivity index (χ0n) is 9.97. The van der Waals surface area contributed by atoms with E-state index >= 15 is 0 Å². The summed E-state index contributed by atoms with van der Waals surface area (Å²) in [7, 11) is 1.74. The number of pyridine rings is 1. The molecular formula is C12H19N3O. The maximum absolute atomic E-state index is 5.35. The van der Waals surface area contributed by atoms with Crippen LogP contribution in [0.15, 0.2) is 24.4 Å². The molecule has 1 aliphatic heterocycles. The standard InChI is InChI=1S/C12H19N3O/c1-11-6-8-14(9-10-15(11)16-2)12-5-3-4-7-13-12/h3-5,7,11H,6,8-10H2,1-2H3. The maximum atomic E-state index is 5.35. The number of aromatic nitrogens is 1. The second kappa shape index (κ2) is 5.27. The van der Waals surface area contributed by atoms with Crippen LogP contribution in [0.2, 0.25) is 0 Å². The number of nitrogens with zero attached hydrogens (tertiary/aromatic N) is 3. The summed E-state index contributed by atoms with van der Waals surface area (Å²) in [6.45, 7) is 5.13. The van der Waals surface area contributed by atoms with Crippen molar-refractivity contribution in [2.24, 2.45) is 0 Å². The average Bonchev–Trinajstić information content (AvgIpc) is 2.52. The highest BCUT2D eigenvalue weighted by Crippen LogP contribution is 2.16. The Morgan fingerprint density at radius 2 is 2.19 bits per heavy atom. The van der Waals surface area contributed by atoms with Crippen molar-refractivity contribution < 1.29 is 4.84 Å². The first-order valence-electron chi connectivity index (χ1n) is 5.78. The summed E-state index contributed by atoms with van der Waals surface area (Å²) in [5.74, 6) is 1.06. The molecule has 88 valence electrons. The maximum Gasteiger partial charge on any atom is 0.128 e. The molecule has 4 nitrogen and oxygen atoms in total. The third kappa shape index (κ3) is 2.51. The Morgan fingerprint density at radius 1 is 1.31 bits per heavy atom. The molecule has 0 aromatic carbocycles. The number of hydroxylamine groups is 2. The molecule has 16 heavy (non-hydrogen) atoms. The molecule has 1 fully saturated rings. The minimum atomic E-state index is 0.471. The van der Waals surface area contributed by atoms with E-state index in [1.54, 1.807) is 7.11 Å². The van der Waals surface area contributed by atoms with E-state index in [1.165, 1.54) is 0 Å². The van der Waals surface area contributed by atoms with Gasteiger partial charge in [0.25, 0.3) is 0 Å². The van der Waals surface area contributed by atoms with Crippen molar-refractivity contribution in [3.8, 4) is 0 Å². The van der Waals surface area contributed by atoms with Gasteiger partial charge < -0.3 is 9.74 Å². The molecule has 0 radical (unpaired) electrons. The van der Waals surface area contributed by atoms with Crippen LogP contribution in [0.4, 0.5) is 5.82 Å². The molecule has 0 aliphatic carbocycles.